The van der Waals surface area contributed by atoms with E-state index >= 15 is 0 Å². The van der Waals surface area contributed by atoms with E-state index < -0.39 is 0 Å². The van der Waals surface area contributed by atoms with Crippen molar-refractivity contribution < 1.29 is 9.47 Å². The molecule has 0 amide bonds. The summed E-state index contributed by atoms with van der Waals surface area (Å²) in [6.45, 7) is 0. The smallest absolute Gasteiger partial charge is 0.161 e. The van der Waals surface area contributed by atoms with E-state index in [4.69, 9.17) is 9.47 Å². The van der Waals surface area contributed by atoms with E-state index in [0.717, 1.165) is 35.6 Å². The van der Waals surface area contributed by atoms with E-state index in [0.29, 0.717) is 0 Å². The number of methoxy groups -OCH3 is 2. The summed E-state index contributed by atoms with van der Waals surface area (Å²) in [5, 5.41) is 4.54. The van der Waals surface area contributed by atoms with Gasteiger partial charge in [-0.1, -0.05) is 0 Å². The number of benzene rings is 1. The fourth-order valence-electron chi connectivity index (χ4n) is 2.56. The molecular formula is C14H16N2O2. The number of aryl methyl sites for hydroxylation is 3. The van der Waals surface area contributed by atoms with Crippen LogP contribution in [0.3, 0.4) is 0 Å². The van der Waals surface area contributed by atoms with Crippen LogP contribution in [0.5, 0.6) is 11.5 Å². The summed E-state index contributed by atoms with van der Waals surface area (Å²) in [7, 11) is 5.28. The molecule has 0 atom stereocenters. The number of hydrogen-bond donors (Lipinski definition) is 0. The third-order valence-electron chi connectivity index (χ3n) is 3.43. The highest BCUT2D eigenvalue weighted by Crippen LogP contribution is 2.39. The fraction of sp³-hybridized carbons (Fsp3) is 0.357. The number of nitrogens with zero attached hydrogens (tertiary/aromatic N) is 2. The normalized spacial score (nSPS) is 12.8. The van der Waals surface area contributed by atoms with Crippen LogP contribution in [0.4, 0.5) is 0 Å². The second kappa shape index (κ2) is 4.05. The topological polar surface area (TPSA) is 36.3 Å². The van der Waals surface area contributed by atoms with Gasteiger partial charge in [0.2, 0.25) is 0 Å². The number of hydrogen-bond acceptors (Lipinski definition) is 3. The average molecular weight is 244 g/mol. The fourth-order valence-corrected chi connectivity index (χ4v) is 2.56. The minimum Gasteiger partial charge on any atom is -0.493 e. The largest absolute Gasteiger partial charge is 0.493 e. The Balaban J connectivity index is 2.20. The molecule has 0 fully saturated rings. The van der Waals surface area contributed by atoms with E-state index in [2.05, 4.69) is 17.4 Å². The maximum absolute atomic E-state index is 5.36. The molecule has 0 aliphatic heterocycles. The van der Waals surface area contributed by atoms with Gasteiger partial charge < -0.3 is 9.47 Å². The van der Waals surface area contributed by atoms with Gasteiger partial charge in [0.25, 0.3) is 0 Å². The SMILES string of the molecule is COc1cc2c(cc1OC)-c1nn(C)cc1CC2. The highest BCUT2D eigenvalue weighted by atomic mass is 16.5. The molecule has 0 saturated carbocycles. The van der Waals surface area contributed by atoms with Gasteiger partial charge in [-0.3, -0.25) is 4.68 Å². The summed E-state index contributed by atoms with van der Waals surface area (Å²) in [5.41, 5.74) is 4.81. The molecule has 1 aromatic carbocycles. The molecule has 18 heavy (non-hydrogen) atoms. The van der Waals surface area contributed by atoms with Gasteiger partial charge in [-0.05, 0) is 36.1 Å². The molecule has 0 unspecified atom stereocenters. The maximum Gasteiger partial charge on any atom is 0.161 e. The molecule has 4 heteroatoms. The Morgan fingerprint density at radius 2 is 1.72 bits per heavy atom. The molecule has 94 valence electrons. The molecule has 1 heterocycles. The molecule has 4 nitrogen and oxygen atoms in total. The van der Waals surface area contributed by atoms with Crippen molar-refractivity contribution in [3.8, 4) is 22.8 Å². The molecule has 0 spiro atoms. The zero-order valence-electron chi connectivity index (χ0n) is 10.9. The summed E-state index contributed by atoms with van der Waals surface area (Å²) in [5.74, 6) is 1.55. The summed E-state index contributed by atoms with van der Waals surface area (Å²) in [6, 6.07) is 4.09. The second-order valence-corrected chi connectivity index (χ2v) is 4.54. The van der Waals surface area contributed by atoms with E-state index in [-0.39, 0.29) is 0 Å². The van der Waals surface area contributed by atoms with Crippen LogP contribution in [0.15, 0.2) is 18.3 Å². The van der Waals surface area contributed by atoms with Gasteiger partial charge in [0, 0.05) is 18.8 Å². The number of fused-ring (bicyclic) bond motifs is 3. The highest BCUT2D eigenvalue weighted by molar-refractivity contribution is 5.72. The first-order valence-corrected chi connectivity index (χ1v) is 6.00. The lowest BCUT2D eigenvalue weighted by atomic mass is 9.90. The molecule has 2 aromatic rings. The van der Waals surface area contributed by atoms with Crippen molar-refractivity contribution in [3.05, 3.63) is 29.5 Å². The van der Waals surface area contributed by atoms with Crippen molar-refractivity contribution in [2.75, 3.05) is 14.2 Å². The summed E-state index contributed by atoms with van der Waals surface area (Å²) in [6.07, 6.45) is 4.15. The van der Waals surface area contributed by atoms with Crippen molar-refractivity contribution in [1.29, 1.82) is 0 Å². The van der Waals surface area contributed by atoms with Crippen LogP contribution in [-0.2, 0) is 19.9 Å². The third kappa shape index (κ3) is 1.56. The summed E-state index contributed by atoms with van der Waals surface area (Å²) in [4.78, 5) is 0. The zero-order valence-corrected chi connectivity index (χ0v) is 10.9. The van der Waals surface area contributed by atoms with Gasteiger partial charge in [-0.2, -0.15) is 5.10 Å². The zero-order chi connectivity index (χ0) is 12.7. The van der Waals surface area contributed by atoms with Crippen molar-refractivity contribution in [2.45, 2.75) is 12.8 Å². The van der Waals surface area contributed by atoms with Crippen molar-refractivity contribution in [3.63, 3.8) is 0 Å². The standard InChI is InChI=1S/C14H16N2O2/c1-16-8-10-5-4-9-6-12(17-2)13(18-3)7-11(9)14(10)15-16/h6-8H,4-5H2,1-3H3. The van der Waals surface area contributed by atoms with E-state index in [9.17, 15) is 0 Å². The molecule has 0 saturated heterocycles. The monoisotopic (exact) mass is 244 g/mol. The molecule has 1 aliphatic rings. The maximum atomic E-state index is 5.36. The Labute approximate surface area is 106 Å². The second-order valence-electron chi connectivity index (χ2n) is 4.54. The van der Waals surface area contributed by atoms with Gasteiger partial charge in [0.05, 0.1) is 19.9 Å². The third-order valence-corrected chi connectivity index (χ3v) is 3.43. The first-order valence-electron chi connectivity index (χ1n) is 6.00. The molecular weight excluding hydrogens is 228 g/mol. The minimum absolute atomic E-state index is 0.759. The molecule has 0 radical (unpaired) electrons. The molecule has 3 rings (SSSR count). The highest BCUT2D eigenvalue weighted by Gasteiger charge is 2.21. The lowest BCUT2D eigenvalue weighted by molar-refractivity contribution is 0.354. The summed E-state index contributed by atoms with van der Waals surface area (Å²) >= 11 is 0. The minimum atomic E-state index is 0.759. The molecule has 0 bridgehead atoms. The first kappa shape index (κ1) is 11.1. The number of rotatable bonds is 2. The lowest BCUT2D eigenvalue weighted by Gasteiger charge is -2.18. The molecule has 0 N–H and O–H groups in total. The van der Waals surface area contributed by atoms with Crippen LogP contribution in [0, 0.1) is 0 Å². The Morgan fingerprint density at radius 3 is 2.44 bits per heavy atom. The number of ether oxygens (including phenoxy) is 2. The Bertz CT molecular complexity index is 602. The predicted octanol–water partition coefficient (Wildman–Crippen LogP) is 2.20. The number of aromatic nitrogens is 2. The van der Waals surface area contributed by atoms with Crippen LogP contribution in [0.2, 0.25) is 0 Å². The Hall–Kier alpha value is -1.97. The van der Waals surface area contributed by atoms with E-state index in [1.54, 1.807) is 14.2 Å². The van der Waals surface area contributed by atoms with Crippen LogP contribution in [-0.4, -0.2) is 24.0 Å². The predicted molar refractivity (Wildman–Crippen MR) is 69.2 cm³/mol. The van der Waals surface area contributed by atoms with Gasteiger partial charge >= 0.3 is 0 Å². The Morgan fingerprint density at radius 1 is 1.06 bits per heavy atom. The van der Waals surface area contributed by atoms with Crippen LogP contribution in [0.25, 0.3) is 11.3 Å². The van der Waals surface area contributed by atoms with E-state index in [1.165, 1.54) is 11.1 Å². The quantitative estimate of drug-likeness (QED) is 0.812. The lowest BCUT2D eigenvalue weighted by Crippen LogP contribution is -2.04. The van der Waals surface area contributed by atoms with E-state index in [1.807, 2.05) is 17.8 Å². The molecule has 1 aliphatic carbocycles. The van der Waals surface area contributed by atoms with Crippen molar-refractivity contribution in [2.24, 2.45) is 7.05 Å². The van der Waals surface area contributed by atoms with Crippen molar-refractivity contribution in [1.82, 2.24) is 9.78 Å². The average Bonchev–Trinajstić information content (AvgIpc) is 2.77. The van der Waals surface area contributed by atoms with Gasteiger partial charge in [0.15, 0.2) is 11.5 Å². The van der Waals surface area contributed by atoms with Gasteiger partial charge in [-0.15, -0.1) is 0 Å². The summed E-state index contributed by atoms with van der Waals surface area (Å²) < 4.78 is 12.6. The van der Waals surface area contributed by atoms with Gasteiger partial charge in [0.1, 0.15) is 0 Å². The first-order chi connectivity index (χ1) is 8.72. The van der Waals surface area contributed by atoms with Crippen molar-refractivity contribution >= 4 is 0 Å². The van der Waals surface area contributed by atoms with Gasteiger partial charge in [-0.25, -0.2) is 0 Å². The van der Waals surface area contributed by atoms with Crippen LogP contribution < -0.4 is 9.47 Å². The van der Waals surface area contributed by atoms with Crippen LogP contribution in [0.1, 0.15) is 11.1 Å². The molecule has 1 aromatic heterocycles. The Kier molecular flexibility index (Phi) is 2.51. The van der Waals surface area contributed by atoms with Crippen LogP contribution >= 0.6 is 0 Å².